The summed E-state index contributed by atoms with van der Waals surface area (Å²) in [7, 11) is 1.24. The van der Waals surface area contributed by atoms with Crippen molar-refractivity contribution in [1.29, 1.82) is 0 Å². The third-order valence-corrected chi connectivity index (χ3v) is 4.41. The van der Waals surface area contributed by atoms with Crippen LogP contribution >= 0.6 is 0 Å². The zero-order chi connectivity index (χ0) is 25.1. The summed E-state index contributed by atoms with van der Waals surface area (Å²) < 4.78 is 10.0. The largest absolute Gasteiger partial charge is 0.467 e. The van der Waals surface area contributed by atoms with Gasteiger partial charge in [0.1, 0.15) is 23.2 Å². The van der Waals surface area contributed by atoms with Crippen molar-refractivity contribution in [2.24, 2.45) is 5.92 Å². The van der Waals surface area contributed by atoms with Crippen molar-refractivity contribution in [2.75, 3.05) is 7.11 Å². The number of hydrogen-bond acceptors (Lipinski definition) is 6. The highest BCUT2D eigenvalue weighted by atomic mass is 16.6. The predicted octanol–water partition coefficient (Wildman–Crippen LogP) is 2.61. The fraction of sp³-hybridized carbons (Fsp3) is 0.652. The highest BCUT2D eigenvalue weighted by Gasteiger charge is 2.40. The Balaban J connectivity index is 5.54. The Morgan fingerprint density at radius 2 is 1.50 bits per heavy atom. The molecule has 0 aromatic carbocycles. The Hall–Kier alpha value is -2.84. The lowest BCUT2D eigenvalue weighted by Gasteiger charge is -2.33. The van der Waals surface area contributed by atoms with E-state index in [1.807, 2.05) is 13.8 Å². The first-order valence-electron chi connectivity index (χ1n) is 10.6. The zero-order valence-electron chi connectivity index (χ0n) is 20.4. The topological polar surface area (TPSA) is 123 Å². The summed E-state index contributed by atoms with van der Waals surface area (Å²) in [5.74, 6) is -1.60. The molecule has 0 aromatic heterocycles. The number of nitrogens with one attached hydrogen (secondary N) is 3. The van der Waals surface area contributed by atoms with Gasteiger partial charge in [-0.15, -0.1) is 13.2 Å². The molecule has 0 unspecified atom stereocenters. The molecule has 182 valence electrons. The minimum atomic E-state index is -1.44. The van der Waals surface area contributed by atoms with E-state index in [4.69, 9.17) is 9.47 Å². The van der Waals surface area contributed by atoms with Crippen LogP contribution in [0, 0.1) is 5.92 Å². The van der Waals surface area contributed by atoms with E-state index in [0.29, 0.717) is 6.42 Å². The Morgan fingerprint density at radius 1 is 0.969 bits per heavy atom. The van der Waals surface area contributed by atoms with Gasteiger partial charge in [0, 0.05) is 0 Å². The van der Waals surface area contributed by atoms with Gasteiger partial charge in [-0.1, -0.05) is 26.0 Å². The van der Waals surface area contributed by atoms with Crippen LogP contribution in [-0.4, -0.2) is 54.2 Å². The van der Waals surface area contributed by atoms with Gasteiger partial charge in [-0.25, -0.2) is 9.59 Å². The van der Waals surface area contributed by atoms with Gasteiger partial charge in [0.25, 0.3) is 0 Å². The summed E-state index contributed by atoms with van der Waals surface area (Å²) in [6.07, 6.45) is 2.74. The molecule has 0 aliphatic heterocycles. The average molecular weight is 454 g/mol. The third kappa shape index (κ3) is 9.98. The van der Waals surface area contributed by atoms with E-state index < -0.39 is 47.1 Å². The quantitative estimate of drug-likeness (QED) is 0.308. The van der Waals surface area contributed by atoms with Crippen molar-refractivity contribution in [3.05, 3.63) is 25.3 Å². The molecule has 0 saturated carbocycles. The second-order valence-electron chi connectivity index (χ2n) is 9.10. The second-order valence-corrected chi connectivity index (χ2v) is 9.10. The molecule has 0 radical (unpaired) electrons. The van der Waals surface area contributed by atoms with Crippen LogP contribution in [0.4, 0.5) is 4.79 Å². The Kier molecular flexibility index (Phi) is 11.7. The van der Waals surface area contributed by atoms with Gasteiger partial charge < -0.3 is 25.4 Å². The first-order chi connectivity index (χ1) is 14.7. The first kappa shape index (κ1) is 29.2. The molecule has 0 aliphatic carbocycles. The SMILES string of the molecule is C=CCC(CC=C)(NC(=O)OC(C)(C)C)C(=O)N[C@@H](C)C(=O)N[C@@H](CC(C)C)C(=O)OC. The molecule has 0 bridgehead atoms. The lowest BCUT2D eigenvalue weighted by molar-refractivity contribution is -0.145. The lowest BCUT2D eigenvalue weighted by atomic mass is 9.89. The number of amides is 3. The molecular weight excluding hydrogens is 414 g/mol. The maximum atomic E-state index is 13.2. The van der Waals surface area contributed by atoms with Crippen LogP contribution in [0.25, 0.3) is 0 Å². The fourth-order valence-corrected chi connectivity index (χ4v) is 2.94. The van der Waals surface area contributed by atoms with E-state index in [2.05, 4.69) is 29.1 Å². The molecule has 0 spiro atoms. The van der Waals surface area contributed by atoms with Crippen molar-refractivity contribution >= 4 is 23.9 Å². The molecule has 0 saturated heterocycles. The minimum absolute atomic E-state index is 0.0799. The molecule has 2 atom stereocenters. The summed E-state index contributed by atoms with van der Waals surface area (Å²) in [5.41, 5.74) is -2.21. The van der Waals surface area contributed by atoms with Gasteiger partial charge in [-0.2, -0.15) is 0 Å². The summed E-state index contributed by atoms with van der Waals surface area (Å²) in [5, 5.41) is 7.82. The Morgan fingerprint density at radius 3 is 1.91 bits per heavy atom. The van der Waals surface area contributed by atoms with E-state index in [9.17, 15) is 19.2 Å². The van der Waals surface area contributed by atoms with E-state index in [-0.39, 0.29) is 18.8 Å². The molecule has 9 heteroatoms. The van der Waals surface area contributed by atoms with Crippen LogP contribution in [0.1, 0.15) is 60.8 Å². The lowest BCUT2D eigenvalue weighted by Crippen LogP contribution is -2.62. The number of carbonyl (C=O) groups is 4. The molecule has 9 nitrogen and oxygen atoms in total. The summed E-state index contributed by atoms with van der Waals surface area (Å²) >= 11 is 0. The fourth-order valence-electron chi connectivity index (χ4n) is 2.94. The van der Waals surface area contributed by atoms with Gasteiger partial charge in [-0.05, 0) is 52.9 Å². The molecule has 3 amide bonds. The van der Waals surface area contributed by atoms with Crippen LogP contribution in [0.2, 0.25) is 0 Å². The molecule has 0 fully saturated rings. The van der Waals surface area contributed by atoms with Crippen LogP contribution in [-0.2, 0) is 23.9 Å². The number of esters is 1. The molecule has 0 rings (SSSR count). The van der Waals surface area contributed by atoms with Gasteiger partial charge >= 0.3 is 12.1 Å². The third-order valence-electron chi connectivity index (χ3n) is 4.41. The van der Waals surface area contributed by atoms with Gasteiger partial charge in [0.15, 0.2) is 0 Å². The number of carbonyl (C=O) groups excluding carboxylic acids is 4. The standard InChI is InChI=1S/C23H39N3O6/c1-10-12-23(13-11-2,26-21(30)32-22(6,7)8)20(29)24-16(5)18(27)25-17(14-15(3)4)19(28)31-9/h10-11,15-17H,1-2,12-14H2,3-9H3,(H,24,29)(H,25,27)(H,26,30)/t16-,17-/m0/s1. The Bertz CT molecular complexity index is 686. The van der Waals surface area contributed by atoms with E-state index in [1.54, 1.807) is 20.8 Å². The molecule has 0 heterocycles. The number of rotatable bonds is 12. The van der Waals surface area contributed by atoms with Crippen molar-refractivity contribution < 1.29 is 28.7 Å². The maximum Gasteiger partial charge on any atom is 0.408 e. The summed E-state index contributed by atoms with van der Waals surface area (Å²) in [6.45, 7) is 17.8. The van der Waals surface area contributed by atoms with Crippen LogP contribution in [0.15, 0.2) is 25.3 Å². The van der Waals surface area contributed by atoms with Crippen molar-refractivity contribution in [2.45, 2.75) is 84.0 Å². The summed E-state index contributed by atoms with van der Waals surface area (Å²) in [4.78, 5) is 50.2. The normalized spacial score (nSPS) is 13.4. The highest BCUT2D eigenvalue weighted by molar-refractivity contribution is 5.95. The molecule has 0 aliphatic rings. The average Bonchev–Trinajstić information content (AvgIpc) is 2.64. The molecule has 0 aromatic rings. The van der Waals surface area contributed by atoms with Gasteiger partial charge in [0.05, 0.1) is 7.11 Å². The van der Waals surface area contributed by atoms with Crippen molar-refractivity contribution in [1.82, 2.24) is 16.0 Å². The maximum absolute atomic E-state index is 13.2. The van der Waals surface area contributed by atoms with Gasteiger partial charge in [-0.3, -0.25) is 9.59 Å². The first-order valence-corrected chi connectivity index (χ1v) is 10.6. The molecule has 3 N–H and O–H groups in total. The van der Waals surface area contributed by atoms with E-state index in [0.717, 1.165) is 0 Å². The van der Waals surface area contributed by atoms with E-state index in [1.165, 1.54) is 26.2 Å². The van der Waals surface area contributed by atoms with E-state index >= 15 is 0 Å². The molecule has 32 heavy (non-hydrogen) atoms. The predicted molar refractivity (Wildman–Crippen MR) is 123 cm³/mol. The zero-order valence-corrected chi connectivity index (χ0v) is 20.4. The smallest absolute Gasteiger partial charge is 0.408 e. The number of alkyl carbamates (subject to hydrolysis) is 1. The van der Waals surface area contributed by atoms with Crippen LogP contribution in [0.3, 0.4) is 0 Å². The monoisotopic (exact) mass is 453 g/mol. The minimum Gasteiger partial charge on any atom is -0.467 e. The summed E-state index contributed by atoms with van der Waals surface area (Å²) in [6, 6.07) is -1.82. The second kappa shape index (κ2) is 12.9. The number of ether oxygens (including phenoxy) is 2. The van der Waals surface area contributed by atoms with Gasteiger partial charge in [0.2, 0.25) is 11.8 Å². The molecular formula is C23H39N3O6. The van der Waals surface area contributed by atoms with Crippen molar-refractivity contribution in [3.8, 4) is 0 Å². The number of hydrogen-bond donors (Lipinski definition) is 3. The van der Waals surface area contributed by atoms with Crippen LogP contribution < -0.4 is 16.0 Å². The van der Waals surface area contributed by atoms with Crippen LogP contribution in [0.5, 0.6) is 0 Å². The Labute approximate surface area is 191 Å². The van der Waals surface area contributed by atoms with Crippen molar-refractivity contribution in [3.63, 3.8) is 0 Å². The highest BCUT2D eigenvalue weighted by Crippen LogP contribution is 2.20. The number of methoxy groups -OCH3 is 1.